The molecule has 0 bridgehead atoms. The van der Waals surface area contributed by atoms with Crippen molar-refractivity contribution in [3.63, 3.8) is 0 Å². The molecule has 5 nitrogen and oxygen atoms in total. The molecule has 2 atom stereocenters. The summed E-state index contributed by atoms with van der Waals surface area (Å²) in [5, 5.41) is 10.3. The zero-order chi connectivity index (χ0) is 17.7. The summed E-state index contributed by atoms with van der Waals surface area (Å²) in [6.45, 7) is 5.62. The molecule has 2 rings (SSSR count). The number of benzene rings is 1. The van der Waals surface area contributed by atoms with Gasteiger partial charge in [-0.1, -0.05) is 17.7 Å². The number of likely N-dealkylation sites (tertiary alicyclic amines) is 1. The predicted octanol–water partition coefficient (Wildman–Crippen LogP) is 1.91. The third-order valence-corrected chi connectivity index (χ3v) is 4.99. The van der Waals surface area contributed by atoms with E-state index in [4.69, 9.17) is 16.3 Å². The average Bonchev–Trinajstić information content (AvgIpc) is 2.97. The fourth-order valence-electron chi connectivity index (χ4n) is 3.25. The van der Waals surface area contributed by atoms with Crippen LogP contribution < -0.4 is 0 Å². The number of rotatable bonds is 7. The van der Waals surface area contributed by atoms with Crippen LogP contribution in [0, 0.1) is 18.8 Å². The van der Waals surface area contributed by atoms with Gasteiger partial charge in [-0.2, -0.15) is 0 Å². The number of methoxy groups -OCH3 is 1. The molecule has 6 heteroatoms. The molecule has 0 radical (unpaired) electrons. The third-order valence-electron chi connectivity index (χ3n) is 4.75. The largest absolute Gasteiger partial charge is 0.396 e. The molecule has 1 aliphatic rings. The van der Waals surface area contributed by atoms with E-state index in [1.807, 2.05) is 24.9 Å². The van der Waals surface area contributed by atoms with Crippen molar-refractivity contribution in [2.45, 2.75) is 6.92 Å². The van der Waals surface area contributed by atoms with E-state index in [9.17, 15) is 9.90 Å². The molecule has 0 saturated carbocycles. The molecule has 0 spiro atoms. The minimum atomic E-state index is -0.00417. The smallest absolute Gasteiger partial charge is 0.254 e. The van der Waals surface area contributed by atoms with Crippen LogP contribution >= 0.6 is 11.6 Å². The van der Waals surface area contributed by atoms with Gasteiger partial charge in [0.15, 0.2) is 0 Å². The molecule has 24 heavy (non-hydrogen) atoms. The van der Waals surface area contributed by atoms with Crippen molar-refractivity contribution in [1.29, 1.82) is 0 Å². The number of aliphatic hydroxyl groups is 1. The summed E-state index contributed by atoms with van der Waals surface area (Å²) in [6.07, 6.45) is 0. The minimum absolute atomic E-state index is 0.00417. The van der Waals surface area contributed by atoms with Gasteiger partial charge in [-0.25, -0.2) is 0 Å². The lowest BCUT2D eigenvalue weighted by Gasteiger charge is -2.23. The Hall–Kier alpha value is -1.14. The molecule has 0 aliphatic carbocycles. The Kier molecular flexibility index (Phi) is 7.04. The van der Waals surface area contributed by atoms with Crippen LogP contribution in [0.15, 0.2) is 18.2 Å². The zero-order valence-electron chi connectivity index (χ0n) is 14.7. The van der Waals surface area contributed by atoms with Gasteiger partial charge >= 0.3 is 0 Å². The maximum absolute atomic E-state index is 12.8. The van der Waals surface area contributed by atoms with Crippen LogP contribution in [0.1, 0.15) is 15.9 Å². The lowest BCUT2D eigenvalue weighted by atomic mass is 9.96. The minimum Gasteiger partial charge on any atom is -0.396 e. The van der Waals surface area contributed by atoms with Gasteiger partial charge in [0.05, 0.1) is 6.61 Å². The molecule has 1 saturated heterocycles. The first kappa shape index (κ1) is 19.2. The normalized spacial score (nSPS) is 20.8. The lowest BCUT2D eigenvalue weighted by Crippen LogP contribution is -2.34. The third kappa shape index (κ3) is 4.70. The number of aliphatic hydroxyl groups excluding tert-OH is 1. The topological polar surface area (TPSA) is 53.0 Å². The standard InChI is InChI=1S/C18H27ClN2O3/c1-13-4-5-16(19)8-17(13)18(23)21-10-14(15(11-21)12-22)9-20(2)6-7-24-3/h4-5,8,14-15,22H,6-7,9-12H2,1-3H3/t14-,15-/m1/s1. The first-order valence-corrected chi connectivity index (χ1v) is 8.67. The number of amides is 1. The Morgan fingerprint density at radius 2 is 2.12 bits per heavy atom. The molecule has 0 unspecified atom stereocenters. The van der Waals surface area contributed by atoms with Crippen molar-refractivity contribution >= 4 is 17.5 Å². The zero-order valence-corrected chi connectivity index (χ0v) is 15.4. The van der Waals surface area contributed by atoms with E-state index in [0.29, 0.717) is 30.3 Å². The quantitative estimate of drug-likeness (QED) is 0.812. The summed E-state index contributed by atoms with van der Waals surface area (Å²) >= 11 is 6.04. The highest BCUT2D eigenvalue weighted by Crippen LogP contribution is 2.27. The second-order valence-corrected chi connectivity index (χ2v) is 7.06. The molecule has 0 aromatic heterocycles. The molecule has 1 aromatic carbocycles. The van der Waals surface area contributed by atoms with Gasteiger partial charge in [0, 0.05) is 56.4 Å². The Labute approximate surface area is 149 Å². The highest BCUT2D eigenvalue weighted by atomic mass is 35.5. The number of ether oxygens (including phenoxy) is 1. The summed E-state index contributed by atoms with van der Waals surface area (Å²) in [4.78, 5) is 16.9. The number of hydrogen-bond acceptors (Lipinski definition) is 4. The van der Waals surface area contributed by atoms with Gasteiger partial charge < -0.3 is 19.6 Å². The number of halogens is 1. The Morgan fingerprint density at radius 1 is 1.42 bits per heavy atom. The van der Waals surface area contributed by atoms with Gasteiger partial charge in [-0.15, -0.1) is 0 Å². The van der Waals surface area contributed by atoms with Crippen molar-refractivity contribution in [3.8, 4) is 0 Å². The van der Waals surface area contributed by atoms with Crippen molar-refractivity contribution in [3.05, 3.63) is 34.3 Å². The summed E-state index contributed by atoms with van der Waals surface area (Å²) in [7, 11) is 3.73. The van der Waals surface area contributed by atoms with Crippen LogP contribution in [0.2, 0.25) is 5.02 Å². The molecule has 1 aliphatic heterocycles. The summed E-state index contributed by atoms with van der Waals surface area (Å²) < 4.78 is 5.10. The maximum Gasteiger partial charge on any atom is 0.254 e. The fraction of sp³-hybridized carbons (Fsp3) is 0.611. The summed E-state index contributed by atoms with van der Waals surface area (Å²) in [5.74, 6) is 0.370. The number of carbonyl (C=O) groups is 1. The molecule has 1 N–H and O–H groups in total. The van der Waals surface area contributed by atoms with Gasteiger partial charge in [0.25, 0.3) is 5.91 Å². The van der Waals surface area contributed by atoms with E-state index in [2.05, 4.69) is 4.90 Å². The van der Waals surface area contributed by atoms with Crippen LogP contribution in [-0.2, 0) is 4.74 Å². The van der Waals surface area contributed by atoms with Crippen LogP contribution in [-0.4, -0.2) is 74.4 Å². The average molecular weight is 355 g/mol. The Morgan fingerprint density at radius 3 is 2.79 bits per heavy atom. The number of likely N-dealkylation sites (N-methyl/N-ethyl adjacent to an activating group) is 1. The van der Waals surface area contributed by atoms with Crippen molar-refractivity contribution in [2.24, 2.45) is 11.8 Å². The molecular formula is C18H27ClN2O3. The monoisotopic (exact) mass is 354 g/mol. The van der Waals surface area contributed by atoms with Crippen molar-refractivity contribution in [2.75, 3.05) is 53.6 Å². The van der Waals surface area contributed by atoms with Crippen LogP contribution in [0.3, 0.4) is 0 Å². The van der Waals surface area contributed by atoms with E-state index >= 15 is 0 Å². The number of hydrogen-bond donors (Lipinski definition) is 1. The van der Waals surface area contributed by atoms with Crippen LogP contribution in [0.25, 0.3) is 0 Å². The molecule has 1 heterocycles. The number of aryl methyl sites for hydroxylation is 1. The highest BCUT2D eigenvalue weighted by molar-refractivity contribution is 6.31. The predicted molar refractivity (Wildman–Crippen MR) is 95.5 cm³/mol. The fourth-order valence-corrected chi connectivity index (χ4v) is 3.42. The second kappa shape index (κ2) is 8.81. The van der Waals surface area contributed by atoms with Gasteiger partial charge in [0.1, 0.15) is 0 Å². The van der Waals surface area contributed by atoms with Crippen molar-refractivity contribution < 1.29 is 14.6 Å². The molecular weight excluding hydrogens is 328 g/mol. The summed E-state index contributed by atoms with van der Waals surface area (Å²) in [6, 6.07) is 5.39. The van der Waals surface area contributed by atoms with Gasteiger partial charge in [-0.3, -0.25) is 4.79 Å². The Bertz CT molecular complexity index is 567. The highest BCUT2D eigenvalue weighted by Gasteiger charge is 2.35. The summed E-state index contributed by atoms with van der Waals surface area (Å²) in [5.41, 5.74) is 1.57. The van der Waals surface area contributed by atoms with Crippen LogP contribution in [0.4, 0.5) is 0 Å². The van der Waals surface area contributed by atoms with E-state index in [-0.39, 0.29) is 24.3 Å². The lowest BCUT2D eigenvalue weighted by molar-refractivity contribution is 0.0778. The maximum atomic E-state index is 12.8. The van der Waals surface area contributed by atoms with E-state index in [0.717, 1.165) is 18.7 Å². The van der Waals surface area contributed by atoms with Crippen molar-refractivity contribution in [1.82, 2.24) is 9.80 Å². The molecule has 1 aromatic rings. The SMILES string of the molecule is COCCN(C)C[C@@H]1CN(C(=O)c2cc(Cl)ccc2C)C[C@@H]1CO. The number of carbonyl (C=O) groups excluding carboxylic acids is 1. The van der Waals surface area contributed by atoms with E-state index < -0.39 is 0 Å². The molecule has 1 fully saturated rings. The Balaban J connectivity index is 2.04. The van der Waals surface area contributed by atoms with Gasteiger partial charge in [-0.05, 0) is 37.6 Å². The first-order chi connectivity index (χ1) is 11.5. The van der Waals surface area contributed by atoms with Crippen LogP contribution in [0.5, 0.6) is 0 Å². The number of nitrogens with zero attached hydrogens (tertiary/aromatic N) is 2. The second-order valence-electron chi connectivity index (χ2n) is 6.63. The molecule has 1 amide bonds. The molecule has 134 valence electrons. The van der Waals surface area contributed by atoms with E-state index in [1.54, 1.807) is 19.2 Å². The first-order valence-electron chi connectivity index (χ1n) is 8.30. The van der Waals surface area contributed by atoms with Gasteiger partial charge in [0.2, 0.25) is 0 Å². The van der Waals surface area contributed by atoms with E-state index in [1.165, 1.54) is 0 Å².